The van der Waals surface area contributed by atoms with Gasteiger partial charge in [0.1, 0.15) is 11.9 Å². The first-order valence-corrected chi connectivity index (χ1v) is 12.1. The SMILES string of the molecule is O=C(c1cnn(-c2ccc(OC3CCN(CC4CCCC4)CC3)cc2)c1)N1CCCC1. The summed E-state index contributed by atoms with van der Waals surface area (Å²) in [7, 11) is 0. The van der Waals surface area contributed by atoms with E-state index in [0.29, 0.717) is 11.7 Å². The summed E-state index contributed by atoms with van der Waals surface area (Å²) in [6, 6.07) is 8.07. The normalized spacial score (nSPS) is 21.1. The van der Waals surface area contributed by atoms with E-state index in [-0.39, 0.29) is 5.91 Å². The summed E-state index contributed by atoms with van der Waals surface area (Å²) in [6.07, 6.45) is 13.9. The second-order valence-electron chi connectivity index (χ2n) is 9.44. The van der Waals surface area contributed by atoms with Crippen molar-refractivity contribution in [3.8, 4) is 11.4 Å². The van der Waals surface area contributed by atoms with Crippen LogP contribution in [0.25, 0.3) is 5.69 Å². The fraction of sp³-hybridized carbons (Fsp3) is 0.600. The highest BCUT2D eigenvalue weighted by Gasteiger charge is 2.24. The van der Waals surface area contributed by atoms with Gasteiger partial charge in [0.2, 0.25) is 0 Å². The maximum absolute atomic E-state index is 12.5. The van der Waals surface area contributed by atoms with Gasteiger partial charge in [-0.15, -0.1) is 0 Å². The van der Waals surface area contributed by atoms with Gasteiger partial charge in [0.25, 0.3) is 5.91 Å². The number of ether oxygens (including phenoxy) is 1. The van der Waals surface area contributed by atoms with Crippen LogP contribution in [0.15, 0.2) is 36.7 Å². The van der Waals surface area contributed by atoms with Gasteiger partial charge < -0.3 is 14.5 Å². The maximum atomic E-state index is 12.5. The number of rotatable bonds is 6. The first-order valence-electron chi connectivity index (χ1n) is 12.1. The zero-order valence-corrected chi connectivity index (χ0v) is 18.4. The molecule has 3 aliphatic rings. The van der Waals surface area contributed by atoms with Crippen molar-refractivity contribution in [3.63, 3.8) is 0 Å². The Kier molecular flexibility index (Phi) is 6.25. The van der Waals surface area contributed by atoms with Gasteiger partial charge >= 0.3 is 0 Å². The van der Waals surface area contributed by atoms with E-state index in [1.807, 2.05) is 35.4 Å². The third-order valence-corrected chi connectivity index (χ3v) is 7.15. The van der Waals surface area contributed by atoms with Crippen molar-refractivity contribution in [2.75, 3.05) is 32.7 Å². The molecule has 0 N–H and O–H groups in total. The smallest absolute Gasteiger partial charge is 0.257 e. The molecule has 2 aromatic rings. The molecule has 166 valence electrons. The minimum atomic E-state index is 0.0861. The fourth-order valence-electron chi connectivity index (χ4n) is 5.31. The lowest BCUT2D eigenvalue weighted by Crippen LogP contribution is -2.40. The van der Waals surface area contributed by atoms with Crippen LogP contribution in [0.1, 0.15) is 61.7 Å². The Morgan fingerprint density at radius 1 is 0.935 bits per heavy atom. The van der Waals surface area contributed by atoms with Crippen LogP contribution >= 0.6 is 0 Å². The molecule has 3 heterocycles. The molecule has 0 unspecified atom stereocenters. The zero-order chi connectivity index (χ0) is 21.0. The molecule has 1 saturated carbocycles. The molecule has 2 saturated heterocycles. The maximum Gasteiger partial charge on any atom is 0.257 e. The summed E-state index contributed by atoms with van der Waals surface area (Å²) in [5.74, 6) is 1.93. The van der Waals surface area contributed by atoms with Crippen LogP contribution in [-0.4, -0.2) is 64.3 Å². The van der Waals surface area contributed by atoms with E-state index in [2.05, 4.69) is 10.00 Å². The lowest BCUT2D eigenvalue weighted by Gasteiger charge is -2.33. The van der Waals surface area contributed by atoms with Crippen LogP contribution in [0.3, 0.4) is 0 Å². The number of nitrogens with zero attached hydrogens (tertiary/aromatic N) is 4. The van der Waals surface area contributed by atoms with Gasteiger partial charge in [-0.3, -0.25) is 4.79 Å². The highest BCUT2D eigenvalue weighted by Crippen LogP contribution is 2.27. The number of benzene rings is 1. The molecule has 3 fully saturated rings. The zero-order valence-electron chi connectivity index (χ0n) is 18.4. The molecule has 0 atom stereocenters. The fourth-order valence-corrected chi connectivity index (χ4v) is 5.31. The van der Waals surface area contributed by atoms with Gasteiger partial charge in [0.05, 0.1) is 17.4 Å². The number of hydrogen-bond acceptors (Lipinski definition) is 4. The molecule has 6 heteroatoms. The second kappa shape index (κ2) is 9.43. The summed E-state index contributed by atoms with van der Waals surface area (Å²) in [4.78, 5) is 17.1. The number of piperidine rings is 1. The molecule has 0 spiro atoms. The molecular weight excluding hydrogens is 388 g/mol. The van der Waals surface area contributed by atoms with Crippen molar-refractivity contribution in [1.29, 1.82) is 0 Å². The van der Waals surface area contributed by atoms with Gasteiger partial charge in [-0.25, -0.2) is 4.68 Å². The van der Waals surface area contributed by atoms with Gasteiger partial charge in [-0.05, 0) is 68.7 Å². The van der Waals surface area contributed by atoms with Crippen LogP contribution < -0.4 is 4.74 Å². The lowest BCUT2D eigenvalue weighted by atomic mass is 10.0. The molecule has 1 amide bonds. The van der Waals surface area contributed by atoms with E-state index in [1.54, 1.807) is 10.9 Å². The average Bonchev–Trinajstić information content (AvgIpc) is 3.58. The van der Waals surface area contributed by atoms with E-state index in [0.717, 1.165) is 69.2 Å². The summed E-state index contributed by atoms with van der Waals surface area (Å²) in [5, 5.41) is 4.40. The Morgan fingerprint density at radius 3 is 2.35 bits per heavy atom. The van der Waals surface area contributed by atoms with Crippen molar-refractivity contribution < 1.29 is 9.53 Å². The van der Waals surface area contributed by atoms with Crippen LogP contribution in [0.2, 0.25) is 0 Å². The predicted molar refractivity (Wildman–Crippen MR) is 121 cm³/mol. The summed E-state index contributed by atoms with van der Waals surface area (Å²) in [5.41, 5.74) is 1.60. The molecular formula is C25H34N4O2. The topological polar surface area (TPSA) is 50.6 Å². The average molecular weight is 423 g/mol. The molecule has 0 radical (unpaired) electrons. The van der Waals surface area contributed by atoms with E-state index in [4.69, 9.17) is 4.74 Å². The molecule has 6 nitrogen and oxygen atoms in total. The number of aromatic nitrogens is 2. The largest absolute Gasteiger partial charge is 0.490 e. The summed E-state index contributed by atoms with van der Waals surface area (Å²) >= 11 is 0. The van der Waals surface area contributed by atoms with Crippen molar-refractivity contribution in [3.05, 3.63) is 42.2 Å². The Morgan fingerprint density at radius 2 is 1.65 bits per heavy atom. The molecule has 1 aliphatic carbocycles. The second-order valence-corrected chi connectivity index (χ2v) is 9.44. The summed E-state index contributed by atoms with van der Waals surface area (Å²) in [6.45, 7) is 5.30. The third kappa shape index (κ3) is 4.95. The minimum Gasteiger partial charge on any atom is -0.490 e. The van der Waals surface area contributed by atoms with Gasteiger partial charge in [-0.1, -0.05) is 12.8 Å². The highest BCUT2D eigenvalue weighted by atomic mass is 16.5. The molecule has 5 rings (SSSR count). The lowest BCUT2D eigenvalue weighted by molar-refractivity contribution is 0.0792. The van der Waals surface area contributed by atoms with Gasteiger partial charge in [0.15, 0.2) is 0 Å². The van der Waals surface area contributed by atoms with Crippen LogP contribution in [0.4, 0.5) is 0 Å². The van der Waals surface area contributed by atoms with E-state index >= 15 is 0 Å². The van der Waals surface area contributed by atoms with Crippen molar-refractivity contribution in [2.24, 2.45) is 5.92 Å². The molecule has 2 aliphatic heterocycles. The van der Waals surface area contributed by atoms with Crippen molar-refractivity contribution >= 4 is 5.91 Å². The number of carbonyl (C=O) groups is 1. The number of likely N-dealkylation sites (tertiary alicyclic amines) is 2. The standard InChI is InChI=1S/C25H34N4O2/c30-25(28-13-3-4-14-28)21-17-26-29(19-21)22-7-9-23(10-8-22)31-24-11-15-27(16-12-24)18-20-5-1-2-6-20/h7-10,17,19-20,24H,1-6,11-16,18H2. The Hall–Kier alpha value is -2.34. The van der Waals surface area contributed by atoms with E-state index in [9.17, 15) is 4.79 Å². The third-order valence-electron chi connectivity index (χ3n) is 7.15. The first-order chi connectivity index (χ1) is 15.2. The first kappa shape index (κ1) is 20.6. The van der Waals surface area contributed by atoms with E-state index in [1.165, 1.54) is 32.2 Å². The highest BCUT2D eigenvalue weighted by molar-refractivity contribution is 5.94. The van der Waals surface area contributed by atoms with Crippen molar-refractivity contribution in [1.82, 2.24) is 19.6 Å². The van der Waals surface area contributed by atoms with Crippen molar-refractivity contribution in [2.45, 2.75) is 57.5 Å². The van der Waals surface area contributed by atoms with Crippen LogP contribution in [0, 0.1) is 5.92 Å². The monoisotopic (exact) mass is 422 g/mol. The number of carbonyl (C=O) groups excluding carboxylic acids is 1. The number of amides is 1. The van der Waals surface area contributed by atoms with Gasteiger partial charge in [0, 0.05) is 38.9 Å². The molecule has 1 aromatic heterocycles. The molecule has 0 bridgehead atoms. The predicted octanol–water partition coefficient (Wildman–Crippen LogP) is 4.14. The van der Waals surface area contributed by atoms with Gasteiger partial charge in [-0.2, -0.15) is 5.10 Å². The van der Waals surface area contributed by atoms with Crippen LogP contribution in [0.5, 0.6) is 5.75 Å². The van der Waals surface area contributed by atoms with Crippen LogP contribution in [-0.2, 0) is 0 Å². The van der Waals surface area contributed by atoms with E-state index < -0.39 is 0 Å². The minimum absolute atomic E-state index is 0.0861. The quantitative estimate of drug-likeness (QED) is 0.702. The number of hydrogen-bond donors (Lipinski definition) is 0. The Bertz CT molecular complexity index is 858. The molecule has 31 heavy (non-hydrogen) atoms. The Balaban J connectivity index is 1.12. The Labute approximate surface area is 185 Å². The molecule has 1 aromatic carbocycles. The summed E-state index contributed by atoms with van der Waals surface area (Å²) < 4.78 is 8.03.